The first-order valence-electron chi connectivity index (χ1n) is 6.81. The van der Waals surface area contributed by atoms with Crippen molar-refractivity contribution in [2.75, 3.05) is 0 Å². The fourth-order valence-corrected chi connectivity index (χ4v) is 2.58. The van der Waals surface area contributed by atoms with E-state index in [2.05, 4.69) is 24.0 Å². The molecule has 20 heavy (non-hydrogen) atoms. The average molecular weight is 263 g/mol. The summed E-state index contributed by atoms with van der Waals surface area (Å²) in [6.45, 7) is 2.08. The van der Waals surface area contributed by atoms with Gasteiger partial charge in [0.2, 0.25) is 0 Å². The Morgan fingerprint density at radius 3 is 2.75 bits per heavy atom. The highest BCUT2D eigenvalue weighted by Crippen LogP contribution is 2.26. The molecular weight excluding hydrogens is 246 g/mol. The molecule has 0 radical (unpaired) electrons. The van der Waals surface area contributed by atoms with Gasteiger partial charge in [-0.25, -0.2) is 0 Å². The highest BCUT2D eigenvalue weighted by atomic mass is 16.3. The lowest BCUT2D eigenvalue weighted by Gasteiger charge is -2.15. The Balaban J connectivity index is 1.97. The van der Waals surface area contributed by atoms with Crippen LogP contribution in [0.4, 0.5) is 0 Å². The van der Waals surface area contributed by atoms with Gasteiger partial charge in [-0.05, 0) is 35.1 Å². The number of hydrogen-bond donors (Lipinski definition) is 1. The second-order valence-electron chi connectivity index (χ2n) is 5.09. The zero-order valence-corrected chi connectivity index (χ0v) is 11.5. The van der Waals surface area contributed by atoms with Gasteiger partial charge >= 0.3 is 0 Å². The van der Waals surface area contributed by atoms with E-state index in [0.717, 1.165) is 16.3 Å². The third-order valence-corrected chi connectivity index (χ3v) is 3.75. The van der Waals surface area contributed by atoms with Crippen molar-refractivity contribution in [3.05, 3.63) is 77.6 Å². The molecule has 0 aliphatic rings. The van der Waals surface area contributed by atoms with Crippen molar-refractivity contribution in [3.8, 4) is 0 Å². The molecule has 1 unspecified atom stereocenters. The molecule has 2 aromatic carbocycles. The summed E-state index contributed by atoms with van der Waals surface area (Å²) < 4.78 is 0. The van der Waals surface area contributed by atoms with E-state index in [1.54, 1.807) is 6.20 Å². The van der Waals surface area contributed by atoms with Crippen LogP contribution >= 0.6 is 0 Å². The Bertz CT molecular complexity index is 731. The second kappa shape index (κ2) is 5.43. The maximum Gasteiger partial charge on any atom is 0.0837 e. The molecule has 0 fully saturated rings. The van der Waals surface area contributed by atoms with Crippen molar-refractivity contribution in [2.24, 2.45) is 0 Å². The summed E-state index contributed by atoms with van der Waals surface area (Å²) in [5, 5.41) is 12.7. The van der Waals surface area contributed by atoms with E-state index in [4.69, 9.17) is 0 Å². The molecule has 100 valence electrons. The van der Waals surface area contributed by atoms with Crippen LogP contribution in [0.5, 0.6) is 0 Å². The second-order valence-corrected chi connectivity index (χ2v) is 5.09. The highest BCUT2D eigenvalue weighted by molar-refractivity contribution is 5.85. The van der Waals surface area contributed by atoms with Crippen LogP contribution in [0.15, 0.2) is 60.9 Å². The zero-order chi connectivity index (χ0) is 13.9. The molecule has 0 saturated carbocycles. The Hall–Kier alpha value is -2.19. The molecular formula is C18H17NO. The van der Waals surface area contributed by atoms with Crippen molar-refractivity contribution in [2.45, 2.75) is 19.4 Å². The Morgan fingerprint density at radius 1 is 1.05 bits per heavy atom. The topological polar surface area (TPSA) is 33.1 Å². The Morgan fingerprint density at radius 2 is 1.90 bits per heavy atom. The molecule has 1 aromatic heterocycles. The van der Waals surface area contributed by atoms with Gasteiger partial charge < -0.3 is 5.11 Å². The normalized spacial score (nSPS) is 12.5. The Kier molecular flexibility index (Phi) is 3.48. The first kappa shape index (κ1) is 12.8. The summed E-state index contributed by atoms with van der Waals surface area (Å²) >= 11 is 0. The van der Waals surface area contributed by atoms with E-state index >= 15 is 0 Å². The molecule has 0 spiro atoms. The first-order valence-corrected chi connectivity index (χ1v) is 6.81. The van der Waals surface area contributed by atoms with Crippen LogP contribution in [0, 0.1) is 6.92 Å². The van der Waals surface area contributed by atoms with E-state index in [9.17, 15) is 5.11 Å². The molecule has 1 atom stereocenters. The Labute approximate surface area is 118 Å². The number of aromatic nitrogens is 1. The molecule has 3 rings (SSSR count). The largest absolute Gasteiger partial charge is 0.388 e. The van der Waals surface area contributed by atoms with Crippen LogP contribution in [-0.4, -0.2) is 10.1 Å². The van der Waals surface area contributed by atoms with Crippen molar-refractivity contribution in [1.82, 2.24) is 4.98 Å². The van der Waals surface area contributed by atoms with Gasteiger partial charge in [-0.15, -0.1) is 0 Å². The molecule has 0 amide bonds. The molecule has 1 N–H and O–H groups in total. The number of aryl methyl sites for hydroxylation is 1. The fraction of sp³-hybridized carbons (Fsp3) is 0.167. The first-order chi connectivity index (χ1) is 9.75. The van der Waals surface area contributed by atoms with E-state index in [1.807, 2.05) is 42.6 Å². The predicted molar refractivity (Wildman–Crippen MR) is 81.6 cm³/mol. The van der Waals surface area contributed by atoms with Crippen LogP contribution in [-0.2, 0) is 6.42 Å². The highest BCUT2D eigenvalue weighted by Gasteiger charge is 2.12. The number of aliphatic hydroxyl groups is 1. The number of nitrogens with zero attached hydrogens (tertiary/aromatic N) is 1. The van der Waals surface area contributed by atoms with Gasteiger partial charge in [0.15, 0.2) is 0 Å². The average Bonchev–Trinajstić information content (AvgIpc) is 2.49. The minimum absolute atomic E-state index is 0.510. The number of pyridine rings is 1. The van der Waals surface area contributed by atoms with Gasteiger partial charge in [-0.2, -0.15) is 0 Å². The standard InChI is InChI=1S/C18H17NO/c1-13-5-2-3-6-15(13)11-18(20)16-8-4-7-14-9-10-19-12-17(14)16/h2-10,12,18,20H,11H2,1H3. The lowest BCUT2D eigenvalue weighted by atomic mass is 9.95. The van der Waals surface area contributed by atoms with Gasteiger partial charge in [-0.1, -0.05) is 42.5 Å². The van der Waals surface area contributed by atoms with E-state index in [-0.39, 0.29) is 0 Å². The number of fused-ring (bicyclic) bond motifs is 1. The quantitative estimate of drug-likeness (QED) is 0.779. The number of rotatable bonds is 3. The molecule has 2 heteroatoms. The minimum atomic E-state index is -0.510. The predicted octanol–water partition coefficient (Wildman–Crippen LogP) is 3.82. The maximum atomic E-state index is 10.6. The fourth-order valence-electron chi connectivity index (χ4n) is 2.58. The lowest BCUT2D eigenvalue weighted by molar-refractivity contribution is 0.180. The number of benzene rings is 2. The minimum Gasteiger partial charge on any atom is -0.388 e. The maximum absolute atomic E-state index is 10.6. The van der Waals surface area contributed by atoms with Gasteiger partial charge in [0.25, 0.3) is 0 Å². The summed E-state index contributed by atoms with van der Waals surface area (Å²) in [7, 11) is 0. The monoisotopic (exact) mass is 263 g/mol. The molecule has 0 saturated heterocycles. The van der Waals surface area contributed by atoms with Crippen molar-refractivity contribution < 1.29 is 5.11 Å². The lowest BCUT2D eigenvalue weighted by Crippen LogP contribution is -2.04. The summed E-state index contributed by atoms with van der Waals surface area (Å²) in [5.41, 5.74) is 3.34. The van der Waals surface area contributed by atoms with Crippen molar-refractivity contribution in [1.29, 1.82) is 0 Å². The van der Waals surface area contributed by atoms with Crippen LogP contribution in [0.1, 0.15) is 22.8 Å². The van der Waals surface area contributed by atoms with Crippen LogP contribution < -0.4 is 0 Å². The summed E-state index contributed by atoms with van der Waals surface area (Å²) in [4.78, 5) is 4.17. The molecule has 1 heterocycles. The molecule has 0 aliphatic heterocycles. The van der Waals surface area contributed by atoms with Gasteiger partial charge in [0.05, 0.1) is 6.10 Å². The van der Waals surface area contributed by atoms with Gasteiger partial charge in [-0.3, -0.25) is 4.98 Å². The number of hydrogen-bond acceptors (Lipinski definition) is 2. The zero-order valence-electron chi connectivity index (χ0n) is 11.5. The molecule has 0 bridgehead atoms. The van der Waals surface area contributed by atoms with Crippen molar-refractivity contribution >= 4 is 10.8 Å². The van der Waals surface area contributed by atoms with Gasteiger partial charge in [0, 0.05) is 24.2 Å². The van der Waals surface area contributed by atoms with E-state index in [1.165, 1.54) is 11.1 Å². The summed E-state index contributed by atoms with van der Waals surface area (Å²) in [5.74, 6) is 0. The van der Waals surface area contributed by atoms with Crippen LogP contribution in [0.25, 0.3) is 10.8 Å². The van der Waals surface area contributed by atoms with Crippen LogP contribution in [0.3, 0.4) is 0 Å². The molecule has 2 nitrogen and oxygen atoms in total. The summed E-state index contributed by atoms with van der Waals surface area (Å²) in [6, 6.07) is 16.2. The third-order valence-electron chi connectivity index (χ3n) is 3.75. The third kappa shape index (κ3) is 2.43. The van der Waals surface area contributed by atoms with E-state index in [0.29, 0.717) is 6.42 Å². The van der Waals surface area contributed by atoms with Crippen molar-refractivity contribution in [3.63, 3.8) is 0 Å². The molecule has 0 aliphatic carbocycles. The SMILES string of the molecule is Cc1ccccc1CC(O)c1cccc2ccncc12. The number of aliphatic hydroxyl groups excluding tert-OH is 1. The van der Waals surface area contributed by atoms with E-state index < -0.39 is 6.10 Å². The summed E-state index contributed by atoms with van der Waals surface area (Å²) in [6.07, 6.45) is 3.72. The van der Waals surface area contributed by atoms with Gasteiger partial charge in [0.1, 0.15) is 0 Å². The molecule has 3 aromatic rings. The smallest absolute Gasteiger partial charge is 0.0837 e. The van der Waals surface area contributed by atoms with Crippen LogP contribution in [0.2, 0.25) is 0 Å².